The van der Waals surface area contributed by atoms with E-state index in [1.165, 1.54) is 19.3 Å². The molecule has 0 amide bonds. The fourth-order valence-electron chi connectivity index (χ4n) is 2.78. The molecular weight excluding hydrogens is 198 g/mol. The largest absolute Gasteiger partial charge is 0.299 e. The zero-order chi connectivity index (χ0) is 11.4. The average Bonchev–Trinajstić information content (AvgIpc) is 2.34. The second-order valence-electron chi connectivity index (χ2n) is 4.66. The van der Waals surface area contributed by atoms with Crippen molar-refractivity contribution in [2.45, 2.75) is 38.6 Å². The van der Waals surface area contributed by atoms with E-state index in [0.29, 0.717) is 6.04 Å². The van der Waals surface area contributed by atoms with Gasteiger partial charge >= 0.3 is 0 Å². The molecule has 87 valence electrons. The Labute approximate surface area is 98.0 Å². The predicted molar refractivity (Wildman–Crippen MR) is 65.0 cm³/mol. The maximum Gasteiger partial charge on any atom is 0.172 e. The van der Waals surface area contributed by atoms with Gasteiger partial charge in [0.1, 0.15) is 0 Å². The van der Waals surface area contributed by atoms with Gasteiger partial charge in [0.2, 0.25) is 0 Å². The second kappa shape index (κ2) is 5.44. The summed E-state index contributed by atoms with van der Waals surface area (Å²) in [6, 6.07) is 0.380. The molecule has 2 nitrogen and oxygen atoms in total. The van der Waals surface area contributed by atoms with Crippen molar-refractivity contribution in [3.05, 3.63) is 24.3 Å². The molecule has 0 N–H and O–H groups in total. The molecule has 1 heterocycles. The third kappa shape index (κ3) is 2.43. The molecule has 0 aromatic rings. The van der Waals surface area contributed by atoms with Gasteiger partial charge in [0, 0.05) is 12.1 Å². The Morgan fingerprint density at radius 2 is 2.19 bits per heavy atom. The Morgan fingerprint density at radius 3 is 2.81 bits per heavy atom. The summed E-state index contributed by atoms with van der Waals surface area (Å²) in [6.45, 7) is 4.48. The fourth-order valence-corrected chi connectivity index (χ4v) is 2.78. The number of carbonyl (C=O) groups excluding carboxylic acids is 1. The Balaban J connectivity index is 2.06. The predicted octanol–water partition coefficient (Wildman–Crippen LogP) is 2.37. The van der Waals surface area contributed by atoms with Crippen molar-refractivity contribution < 1.29 is 4.79 Å². The highest BCUT2D eigenvalue weighted by atomic mass is 16.1. The van der Waals surface area contributed by atoms with Crippen molar-refractivity contribution in [1.82, 2.24) is 4.90 Å². The topological polar surface area (TPSA) is 20.3 Å². The Bertz CT molecular complexity index is 300. The van der Waals surface area contributed by atoms with Crippen LogP contribution >= 0.6 is 0 Å². The Morgan fingerprint density at radius 1 is 1.44 bits per heavy atom. The van der Waals surface area contributed by atoms with Gasteiger partial charge < -0.3 is 0 Å². The number of carbonyl (C=O) groups is 1. The van der Waals surface area contributed by atoms with E-state index in [4.69, 9.17) is 0 Å². The minimum absolute atomic E-state index is 0.0353. The van der Waals surface area contributed by atoms with Gasteiger partial charge in [-0.3, -0.25) is 9.69 Å². The van der Waals surface area contributed by atoms with Gasteiger partial charge in [0.05, 0.1) is 5.92 Å². The molecule has 2 atom stereocenters. The van der Waals surface area contributed by atoms with Gasteiger partial charge in [0.15, 0.2) is 5.78 Å². The smallest absolute Gasteiger partial charge is 0.172 e. The van der Waals surface area contributed by atoms with Crippen molar-refractivity contribution >= 4 is 5.78 Å². The summed E-state index contributed by atoms with van der Waals surface area (Å²) >= 11 is 0. The van der Waals surface area contributed by atoms with E-state index in [-0.39, 0.29) is 11.7 Å². The van der Waals surface area contributed by atoms with Crippen LogP contribution in [0.15, 0.2) is 18.2 Å². The summed E-state index contributed by atoms with van der Waals surface area (Å²) in [5.41, 5.74) is 0. The van der Waals surface area contributed by atoms with Crippen LogP contribution in [-0.4, -0.2) is 29.8 Å². The lowest BCUT2D eigenvalue weighted by molar-refractivity contribution is -0.119. The number of nitrogens with zero attached hydrogens (tertiary/aromatic N) is 1. The lowest BCUT2D eigenvalue weighted by Gasteiger charge is -2.37. The minimum atomic E-state index is 0.0353. The molecular formula is C14H20NO. The van der Waals surface area contributed by atoms with Crippen LogP contribution in [0, 0.1) is 12.0 Å². The van der Waals surface area contributed by atoms with Gasteiger partial charge in [-0.2, -0.15) is 0 Å². The zero-order valence-electron chi connectivity index (χ0n) is 9.98. The standard InChI is InChI=1S/C14H20NO/c1-2-13(15-10-6-3-7-11-15)12-8-4-5-9-14(12)16/h4-5,8,12-13H,2-3,6-7,10-11H2,1H3. The monoisotopic (exact) mass is 218 g/mol. The van der Waals surface area contributed by atoms with Gasteiger partial charge in [-0.05, 0) is 32.4 Å². The molecule has 0 bridgehead atoms. The number of rotatable bonds is 3. The molecule has 2 aliphatic rings. The normalized spacial score (nSPS) is 28.3. The number of ketones is 1. The zero-order valence-corrected chi connectivity index (χ0v) is 9.98. The number of hydrogen-bond donors (Lipinski definition) is 0. The third-order valence-electron chi connectivity index (χ3n) is 3.64. The van der Waals surface area contributed by atoms with Crippen LogP contribution < -0.4 is 0 Å². The molecule has 2 heteroatoms. The lowest BCUT2D eigenvalue weighted by atomic mass is 9.88. The molecule has 0 aromatic carbocycles. The number of allylic oxidation sites excluding steroid dienone is 3. The van der Waals surface area contributed by atoms with Gasteiger partial charge in [-0.25, -0.2) is 0 Å². The summed E-state index contributed by atoms with van der Waals surface area (Å²) < 4.78 is 0. The highest BCUT2D eigenvalue weighted by molar-refractivity contribution is 5.91. The van der Waals surface area contributed by atoms with Crippen LogP contribution in [0.3, 0.4) is 0 Å². The number of hydrogen-bond acceptors (Lipinski definition) is 2. The van der Waals surface area contributed by atoms with Gasteiger partial charge in [-0.1, -0.05) is 31.6 Å². The molecule has 1 aliphatic heterocycles. The molecule has 0 saturated carbocycles. The van der Waals surface area contributed by atoms with Crippen molar-refractivity contribution in [2.24, 2.45) is 5.92 Å². The molecule has 1 saturated heterocycles. The molecule has 1 aliphatic carbocycles. The first-order valence-corrected chi connectivity index (χ1v) is 6.37. The second-order valence-corrected chi connectivity index (χ2v) is 4.66. The maximum absolute atomic E-state index is 11.8. The first-order chi connectivity index (χ1) is 7.83. The highest BCUT2D eigenvalue weighted by Gasteiger charge is 2.30. The third-order valence-corrected chi connectivity index (χ3v) is 3.64. The van der Waals surface area contributed by atoms with Crippen molar-refractivity contribution in [3.63, 3.8) is 0 Å². The van der Waals surface area contributed by atoms with Crippen molar-refractivity contribution in [1.29, 1.82) is 0 Å². The van der Waals surface area contributed by atoms with Crippen molar-refractivity contribution in [2.75, 3.05) is 13.1 Å². The molecule has 0 aromatic heterocycles. The van der Waals surface area contributed by atoms with E-state index in [1.807, 2.05) is 12.2 Å². The molecule has 0 spiro atoms. The summed E-state index contributed by atoms with van der Waals surface area (Å²) in [5, 5.41) is 0. The van der Waals surface area contributed by atoms with E-state index >= 15 is 0 Å². The van der Waals surface area contributed by atoms with Crippen LogP contribution in [0.1, 0.15) is 32.6 Å². The van der Waals surface area contributed by atoms with E-state index in [1.54, 1.807) is 6.08 Å². The Kier molecular flexibility index (Phi) is 3.94. The quantitative estimate of drug-likeness (QED) is 0.725. The fraction of sp³-hybridized carbons (Fsp3) is 0.643. The summed E-state index contributed by atoms with van der Waals surface area (Å²) in [4.78, 5) is 14.3. The van der Waals surface area contributed by atoms with Crippen LogP contribution in [0.5, 0.6) is 0 Å². The SMILES string of the molecule is CCC(C1C=CC=[C]C1=O)N1CCCCC1. The first kappa shape index (κ1) is 11.6. The number of Topliss-reactive ketones (excluding diaryl/α,β-unsaturated/α-hetero) is 1. The first-order valence-electron chi connectivity index (χ1n) is 6.37. The van der Waals surface area contributed by atoms with E-state index in [2.05, 4.69) is 17.9 Å². The molecule has 1 fully saturated rings. The van der Waals surface area contributed by atoms with Crippen LogP contribution in [0.2, 0.25) is 0 Å². The summed E-state index contributed by atoms with van der Waals surface area (Å²) in [6.07, 6.45) is 13.5. The molecule has 16 heavy (non-hydrogen) atoms. The summed E-state index contributed by atoms with van der Waals surface area (Å²) in [5.74, 6) is 0.188. The average molecular weight is 218 g/mol. The maximum atomic E-state index is 11.8. The van der Waals surface area contributed by atoms with Crippen LogP contribution in [-0.2, 0) is 4.79 Å². The highest BCUT2D eigenvalue weighted by Crippen LogP contribution is 2.23. The van der Waals surface area contributed by atoms with E-state index in [0.717, 1.165) is 19.5 Å². The van der Waals surface area contributed by atoms with E-state index < -0.39 is 0 Å². The van der Waals surface area contributed by atoms with Crippen molar-refractivity contribution in [3.8, 4) is 0 Å². The molecule has 2 rings (SSSR count). The molecule has 2 unspecified atom stereocenters. The number of piperidine rings is 1. The number of likely N-dealkylation sites (tertiary alicyclic amines) is 1. The van der Waals surface area contributed by atoms with E-state index in [9.17, 15) is 4.79 Å². The molecule has 1 radical (unpaired) electrons. The Hall–Kier alpha value is -0.890. The van der Waals surface area contributed by atoms with Gasteiger partial charge in [-0.15, -0.1) is 0 Å². The minimum Gasteiger partial charge on any atom is -0.299 e. The van der Waals surface area contributed by atoms with Crippen LogP contribution in [0.4, 0.5) is 0 Å². The lowest BCUT2D eigenvalue weighted by Crippen LogP contribution is -2.45. The van der Waals surface area contributed by atoms with Crippen LogP contribution in [0.25, 0.3) is 0 Å². The summed E-state index contributed by atoms with van der Waals surface area (Å²) in [7, 11) is 0. The van der Waals surface area contributed by atoms with Gasteiger partial charge in [0.25, 0.3) is 0 Å².